The molecule has 6 radical (unpaired) electrons. The van der Waals surface area contributed by atoms with Crippen molar-refractivity contribution >= 4 is 0 Å². The van der Waals surface area contributed by atoms with Crippen LogP contribution in [0.25, 0.3) is 22.5 Å². The maximum absolute atomic E-state index is 4.29. The van der Waals surface area contributed by atoms with Gasteiger partial charge in [0.2, 0.25) is 0 Å². The first-order valence-electron chi connectivity index (χ1n) is 12.1. The predicted molar refractivity (Wildman–Crippen MR) is 147 cm³/mol. The smallest absolute Gasteiger partial charge is 1.00 e. The third-order valence-corrected chi connectivity index (χ3v) is 6.81. The van der Waals surface area contributed by atoms with Crippen molar-refractivity contribution in [1.82, 2.24) is 9.97 Å². The standard InChI is InChI=1S/C21H21.C12H12N2.2ClH.Rh/c1-14-15(2)17(4)21(16(14)3)20-12-10-19(11-13-20)18-8-6-5-7-9-18;1-9-3-5-13-11(7-9)12-8-10(2)4-6-14-12;;;/h5-13H,1-4H3;3-8H,1-2H3;2*1H;/q;;;;+2/p-2. The van der Waals surface area contributed by atoms with Gasteiger partial charge in [0.15, 0.2) is 0 Å². The fourth-order valence-electron chi connectivity index (χ4n) is 4.46. The van der Waals surface area contributed by atoms with Gasteiger partial charge in [0.25, 0.3) is 0 Å². The molecule has 1 fully saturated rings. The van der Waals surface area contributed by atoms with Crippen LogP contribution in [0.4, 0.5) is 0 Å². The van der Waals surface area contributed by atoms with Crippen LogP contribution in [0.2, 0.25) is 0 Å². The quantitative estimate of drug-likeness (QED) is 0.325. The number of aromatic nitrogens is 2. The first kappa shape index (κ1) is 34.0. The normalized spacial score (nSPS) is 14.5. The van der Waals surface area contributed by atoms with E-state index in [1.54, 1.807) is 0 Å². The van der Waals surface area contributed by atoms with Crippen LogP contribution >= 0.6 is 0 Å². The molecule has 5 heteroatoms. The van der Waals surface area contributed by atoms with Gasteiger partial charge in [-0.2, -0.15) is 0 Å². The van der Waals surface area contributed by atoms with E-state index in [1.165, 1.54) is 57.4 Å². The first-order valence-corrected chi connectivity index (χ1v) is 12.1. The number of hydrogen-bond acceptors (Lipinski definition) is 2. The second-order valence-electron chi connectivity index (χ2n) is 9.26. The van der Waals surface area contributed by atoms with Gasteiger partial charge in [0.1, 0.15) is 0 Å². The van der Waals surface area contributed by atoms with Crippen molar-refractivity contribution in [3.63, 3.8) is 0 Å². The Morgan fingerprint density at radius 1 is 0.447 bits per heavy atom. The molecular formula is C33H33Cl2N2Rh. The van der Waals surface area contributed by atoms with Crippen LogP contribution in [0, 0.1) is 43.4 Å². The summed E-state index contributed by atoms with van der Waals surface area (Å²) in [6, 6.07) is 27.5. The summed E-state index contributed by atoms with van der Waals surface area (Å²) in [5.41, 5.74) is 8.15. The average Bonchev–Trinajstić information content (AvgIpc) is 3.07. The van der Waals surface area contributed by atoms with Crippen LogP contribution in [-0.2, 0) is 19.5 Å². The van der Waals surface area contributed by atoms with Crippen molar-refractivity contribution in [3.8, 4) is 22.5 Å². The zero-order valence-electron chi connectivity index (χ0n) is 22.6. The third kappa shape index (κ3) is 7.98. The minimum absolute atomic E-state index is 0. The molecule has 2 aromatic heterocycles. The molecule has 38 heavy (non-hydrogen) atoms. The molecule has 0 atom stereocenters. The van der Waals surface area contributed by atoms with Gasteiger partial charge >= 0.3 is 19.5 Å². The number of pyridine rings is 2. The van der Waals surface area contributed by atoms with E-state index >= 15 is 0 Å². The number of rotatable bonds is 3. The topological polar surface area (TPSA) is 25.8 Å². The Labute approximate surface area is 254 Å². The Morgan fingerprint density at radius 2 is 0.842 bits per heavy atom. The summed E-state index contributed by atoms with van der Waals surface area (Å²) in [5.74, 6) is 7.09. The summed E-state index contributed by atoms with van der Waals surface area (Å²) in [7, 11) is 0. The Hall–Kier alpha value is -2.06. The molecule has 5 rings (SSSR count). The third-order valence-electron chi connectivity index (χ3n) is 6.81. The van der Waals surface area contributed by atoms with Gasteiger partial charge in [-0.1, -0.05) is 82.3 Å². The van der Waals surface area contributed by atoms with E-state index in [0.29, 0.717) is 0 Å². The Bertz CT molecular complexity index is 1190. The SMILES string of the molecule is C[C]1[C](C)[C](C)[C](c2ccc(-c3ccccc3)cc2)[C]1C.Cc1ccnc(-c2cc(C)ccn2)c1.[Cl-].[Cl-].[Rh+2]. The number of hydrogen-bond donors (Lipinski definition) is 0. The monoisotopic (exact) mass is 630 g/mol. The zero-order valence-corrected chi connectivity index (χ0v) is 25.8. The van der Waals surface area contributed by atoms with E-state index in [4.69, 9.17) is 0 Å². The molecule has 0 N–H and O–H groups in total. The van der Waals surface area contributed by atoms with Crippen molar-refractivity contribution in [3.05, 3.63) is 138 Å². The molecule has 0 aliphatic heterocycles. The van der Waals surface area contributed by atoms with Gasteiger partial charge in [-0.3, -0.25) is 9.97 Å². The molecule has 1 aliphatic carbocycles. The summed E-state index contributed by atoms with van der Waals surface area (Å²) in [6.45, 7) is 13.0. The van der Waals surface area contributed by atoms with Gasteiger partial charge in [-0.15, -0.1) is 0 Å². The van der Waals surface area contributed by atoms with Crippen LogP contribution in [0.3, 0.4) is 0 Å². The second kappa shape index (κ2) is 15.5. The van der Waals surface area contributed by atoms with E-state index in [9.17, 15) is 0 Å². The molecule has 2 nitrogen and oxygen atoms in total. The van der Waals surface area contributed by atoms with E-state index in [-0.39, 0.29) is 44.3 Å². The summed E-state index contributed by atoms with van der Waals surface area (Å²) in [6.07, 6.45) is 3.63. The van der Waals surface area contributed by atoms with Crippen LogP contribution in [0.5, 0.6) is 0 Å². The molecule has 0 amide bonds. The molecule has 4 aromatic rings. The molecule has 1 saturated carbocycles. The van der Waals surface area contributed by atoms with Gasteiger partial charge < -0.3 is 24.8 Å². The van der Waals surface area contributed by atoms with E-state index in [1.807, 2.05) is 36.7 Å². The minimum Gasteiger partial charge on any atom is -1.00 e. The maximum atomic E-state index is 4.29. The van der Waals surface area contributed by atoms with Crippen LogP contribution in [-0.4, -0.2) is 9.97 Å². The van der Waals surface area contributed by atoms with Crippen LogP contribution < -0.4 is 24.8 Å². The molecule has 1 aliphatic rings. The van der Waals surface area contributed by atoms with Gasteiger partial charge in [0, 0.05) is 18.3 Å². The van der Waals surface area contributed by atoms with E-state index in [0.717, 1.165) is 11.4 Å². The molecule has 0 bridgehead atoms. The Kier molecular flexibility index (Phi) is 13.9. The Morgan fingerprint density at radius 3 is 1.26 bits per heavy atom. The molecule has 0 spiro atoms. The molecule has 2 heterocycles. The molecule has 0 unspecified atom stereocenters. The number of benzene rings is 2. The summed E-state index contributed by atoms with van der Waals surface area (Å²) < 4.78 is 0. The van der Waals surface area contributed by atoms with Crippen molar-refractivity contribution in [2.75, 3.05) is 0 Å². The average molecular weight is 631 g/mol. The number of aryl methyl sites for hydroxylation is 2. The molecule has 2 aromatic carbocycles. The number of nitrogens with zero attached hydrogens (tertiary/aromatic N) is 2. The number of halogens is 2. The predicted octanol–water partition coefficient (Wildman–Crippen LogP) is 2.43. The van der Waals surface area contributed by atoms with Gasteiger partial charge in [0.05, 0.1) is 11.4 Å². The maximum Gasteiger partial charge on any atom is 2.00 e. The van der Waals surface area contributed by atoms with E-state index < -0.39 is 0 Å². The molecular weight excluding hydrogens is 598 g/mol. The minimum atomic E-state index is 0. The Balaban J connectivity index is 0.000000376. The summed E-state index contributed by atoms with van der Waals surface area (Å²) in [5, 5.41) is 0. The summed E-state index contributed by atoms with van der Waals surface area (Å²) >= 11 is 0. The zero-order chi connectivity index (χ0) is 24.9. The van der Waals surface area contributed by atoms with Crippen molar-refractivity contribution in [1.29, 1.82) is 0 Å². The molecule has 0 saturated heterocycles. The van der Waals surface area contributed by atoms with Crippen molar-refractivity contribution in [2.45, 2.75) is 41.5 Å². The fourth-order valence-corrected chi connectivity index (χ4v) is 4.46. The van der Waals surface area contributed by atoms with Crippen LogP contribution in [0.1, 0.15) is 44.4 Å². The van der Waals surface area contributed by atoms with Gasteiger partial charge in [-0.05, 0) is 89.6 Å². The largest absolute Gasteiger partial charge is 2.00 e. The first-order chi connectivity index (χ1) is 16.8. The molecule has 198 valence electrons. The second-order valence-corrected chi connectivity index (χ2v) is 9.26. The van der Waals surface area contributed by atoms with E-state index in [2.05, 4.69) is 106 Å². The van der Waals surface area contributed by atoms with Crippen molar-refractivity contribution in [2.24, 2.45) is 0 Å². The van der Waals surface area contributed by atoms with Gasteiger partial charge in [-0.25, -0.2) is 0 Å². The fraction of sp³-hybridized carbons (Fsp3) is 0.182. The summed E-state index contributed by atoms with van der Waals surface area (Å²) in [4.78, 5) is 8.58. The van der Waals surface area contributed by atoms with Crippen molar-refractivity contribution < 1.29 is 44.3 Å². The van der Waals surface area contributed by atoms with Crippen LogP contribution in [0.15, 0.2) is 91.3 Å².